The number of rotatable bonds is 1. The van der Waals surface area contributed by atoms with Gasteiger partial charge in [-0.1, -0.05) is 0 Å². The largest absolute Gasteiger partial charge is 0.414 e. The Hall–Kier alpha value is -0.290. The number of aliphatic hydroxyl groups excluding tert-OH is 1. The van der Waals surface area contributed by atoms with Crippen molar-refractivity contribution in [3.63, 3.8) is 0 Å². The van der Waals surface area contributed by atoms with Gasteiger partial charge in [-0.25, -0.2) is 0 Å². The standard InChI is InChI=1S/C6H10F3NO/c7-6(8,9)5(11)4-1-2-10-3-4/h4-5,10-11H,1-3H2/t4-,5+/m0/s1. The molecule has 0 aromatic heterocycles. The summed E-state index contributed by atoms with van der Waals surface area (Å²) in [6.45, 7) is 0.832. The van der Waals surface area contributed by atoms with E-state index < -0.39 is 18.2 Å². The minimum atomic E-state index is -4.46. The Morgan fingerprint density at radius 2 is 2.09 bits per heavy atom. The molecule has 1 heterocycles. The highest BCUT2D eigenvalue weighted by Crippen LogP contribution is 2.28. The summed E-state index contributed by atoms with van der Waals surface area (Å²) in [5.41, 5.74) is 0. The van der Waals surface area contributed by atoms with Gasteiger partial charge in [0.15, 0.2) is 6.10 Å². The predicted molar refractivity (Wildman–Crippen MR) is 33.0 cm³/mol. The molecular formula is C6H10F3NO. The third-order valence-electron chi connectivity index (χ3n) is 1.88. The fourth-order valence-electron chi connectivity index (χ4n) is 1.21. The molecule has 0 aromatic rings. The van der Waals surface area contributed by atoms with Crippen molar-refractivity contribution in [3.8, 4) is 0 Å². The van der Waals surface area contributed by atoms with E-state index in [1.807, 2.05) is 0 Å². The summed E-state index contributed by atoms with van der Waals surface area (Å²) in [5.74, 6) is -0.657. The first-order valence-electron chi connectivity index (χ1n) is 3.47. The van der Waals surface area contributed by atoms with Gasteiger partial charge >= 0.3 is 6.18 Å². The number of aliphatic hydroxyl groups is 1. The van der Waals surface area contributed by atoms with Gasteiger partial charge in [0.1, 0.15) is 0 Å². The topological polar surface area (TPSA) is 32.3 Å². The van der Waals surface area contributed by atoms with E-state index in [-0.39, 0.29) is 6.54 Å². The number of nitrogens with one attached hydrogen (secondary N) is 1. The van der Waals surface area contributed by atoms with Crippen LogP contribution < -0.4 is 5.32 Å². The number of hydrogen-bond donors (Lipinski definition) is 2. The summed E-state index contributed by atoms with van der Waals surface area (Å²) in [5, 5.41) is 11.5. The van der Waals surface area contributed by atoms with Gasteiger partial charge in [-0.2, -0.15) is 13.2 Å². The van der Waals surface area contributed by atoms with Crippen molar-refractivity contribution in [2.75, 3.05) is 13.1 Å². The van der Waals surface area contributed by atoms with E-state index in [1.54, 1.807) is 0 Å². The van der Waals surface area contributed by atoms with Crippen LogP contribution in [0.4, 0.5) is 13.2 Å². The molecule has 0 unspecified atom stereocenters. The summed E-state index contributed by atoms with van der Waals surface area (Å²) in [4.78, 5) is 0. The van der Waals surface area contributed by atoms with Gasteiger partial charge < -0.3 is 10.4 Å². The van der Waals surface area contributed by atoms with Crippen molar-refractivity contribution < 1.29 is 18.3 Å². The third-order valence-corrected chi connectivity index (χ3v) is 1.88. The molecule has 0 aliphatic carbocycles. The number of hydrogen-bond acceptors (Lipinski definition) is 2. The number of alkyl halides is 3. The van der Waals surface area contributed by atoms with E-state index in [4.69, 9.17) is 5.11 Å². The predicted octanol–water partition coefficient (Wildman–Crippen LogP) is 0.519. The van der Waals surface area contributed by atoms with Crippen molar-refractivity contribution in [1.82, 2.24) is 5.32 Å². The van der Waals surface area contributed by atoms with E-state index in [1.165, 1.54) is 0 Å². The van der Waals surface area contributed by atoms with Crippen molar-refractivity contribution in [1.29, 1.82) is 0 Å². The molecule has 0 amide bonds. The second-order valence-corrected chi connectivity index (χ2v) is 2.74. The van der Waals surface area contributed by atoms with Gasteiger partial charge in [-0.15, -0.1) is 0 Å². The zero-order valence-corrected chi connectivity index (χ0v) is 5.86. The maximum Gasteiger partial charge on any atom is 0.414 e. The lowest BCUT2D eigenvalue weighted by Crippen LogP contribution is -2.36. The van der Waals surface area contributed by atoms with E-state index in [9.17, 15) is 13.2 Å². The van der Waals surface area contributed by atoms with Crippen LogP contribution in [-0.2, 0) is 0 Å². The Morgan fingerprint density at radius 3 is 2.45 bits per heavy atom. The van der Waals surface area contributed by atoms with E-state index in [0.29, 0.717) is 13.0 Å². The lowest BCUT2D eigenvalue weighted by Gasteiger charge is -2.19. The molecule has 0 spiro atoms. The van der Waals surface area contributed by atoms with E-state index >= 15 is 0 Å². The minimum absolute atomic E-state index is 0.265. The normalized spacial score (nSPS) is 28.9. The first-order chi connectivity index (χ1) is 5.02. The second-order valence-electron chi connectivity index (χ2n) is 2.74. The lowest BCUT2D eigenvalue weighted by atomic mass is 10.0. The molecule has 2 nitrogen and oxygen atoms in total. The molecule has 0 radical (unpaired) electrons. The quantitative estimate of drug-likeness (QED) is 0.599. The van der Waals surface area contributed by atoms with Crippen LogP contribution in [0.15, 0.2) is 0 Å². The molecule has 0 bridgehead atoms. The van der Waals surface area contributed by atoms with Crippen LogP contribution in [0.1, 0.15) is 6.42 Å². The van der Waals surface area contributed by atoms with Crippen molar-refractivity contribution >= 4 is 0 Å². The monoisotopic (exact) mass is 169 g/mol. The van der Waals surface area contributed by atoms with Crippen molar-refractivity contribution in [2.45, 2.75) is 18.7 Å². The second kappa shape index (κ2) is 2.98. The van der Waals surface area contributed by atoms with Gasteiger partial charge in [-0.05, 0) is 13.0 Å². The van der Waals surface area contributed by atoms with Gasteiger partial charge in [0.05, 0.1) is 0 Å². The van der Waals surface area contributed by atoms with Crippen molar-refractivity contribution in [2.24, 2.45) is 5.92 Å². The Bertz CT molecular complexity index is 130. The molecule has 0 saturated carbocycles. The van der Waals surface area contributed by atoms with Crippen LogP contribution in [-0.4, -0.2) is 30.5 Å². The fraction of sp³-hybridized carbons (Fsp3) is 1.00. The molecule has 1 fully saturated rings. The zero-order valence-electron chi connectivity index (χ0n) is 5.86. The molecule has 0 aromatic carbocycles. The van der Waals surface area contributed by atoms with E-state index in [0.717, 1.165) is 0 Å². The molecule has 66 valence electrons. The highest BCUT2D eigenvalue weighted by atomic mass is 19.4. The first-order valence-corrected chi connectivity index (χ1v) is 3.47. The maximum atomic E-state index is 11.8. The molecule has 1 aliphatic rings. The molecule has 1 saturated heterocycles. The van der Waals surface area contributed by atoms with Crippen LogP contribution in [0.3, 0.4) is 0 Å². The highest BCUT2D eigenvalue weighted by molar-refractivity contribution is 4.81. The molecule has 1 aliphatic heterocycles. The Morgan fingerprint density at radius 1 is 1.45 bits per heavy atom. The molecule has 11 heavy (non-hydrogen) atoms. The fourth-order valence-corrected chi connectivity index (χ4v) is 1.21. The summed E-state index contributed by atoms with van der Waals surface area (Å²) in [6, 6.07) is 0. The molecule has 2 N–H and O–H groups in total. The van der Waals surface area contributed by atoms with Crippen LogP contribution >= 0.6 is 0 Å². The highest BCUT2D eigenvalue weighted by Gasteiger charge is 2.43. The van der Waals surface area contributed by atoms with Crippen LogP contribution in [0.5, 0.6) is 0 Å². The van der Waals surface area contributed by atoms with Crippen molar-refractivity contribution in [3.05, 3.63) is 0 Å². The van der Waals surface area contributed by atoms with Gasteiger partial charge in [0.2, 0.25) is 0 Å². The molecule has 5 heteroatoms. The molecule has 1 rings (SSSR count). The number of halogens is 3. The summed E-state index contributed by atoms with van der Waals surface area (Å²) >= 11 is 0. The molecular weight excluding hydrogens is 159 g/mol. The minimum Gasteiger partial charge on any atom is -0.383 e. The molecule has 2 atom stereocenters. The summed E-state index contributed by atoms with van der Waals surface area (Å²) in [7, 11) is 0. The maximum absolute atomic E-state index is 11.8. The SMILES string of the molecule is O[C@H]([C@H]1CCNC1)C(F)(F)F. The van der Waals surface area contributed by atoms with Crippen LogP contribution in [0.25, 0.3) is 0 Å². The zero-order chi connectivity index (χ0) is 8.48. The summed E-state index contributed by atoms with van der Waals surface area (Å²) in [6.07, 6.45) is -6.21. The average molecular weight is 169 g/mol. The van der Waals surface area contributed by atoms with Gasteiger partial charge in [0, 0.05) is 12.5 Å². The summed E-state index contributed by atoms with van der Waals surface area (Å²) < 4.78 is 35.5. The Labute approximate surface area is 62.4 Å². The Kier molecular flexibility index (Phi) is 2.39. The Balaban J connectivity index is 2.46. The van der Waals surface area contributed by atoms with Gasteiger partial charge in [-0.3, -0.25) is 0 Å². The van der Waals surface area contributed by atoms with Crippen LogP contribution in [0, 0.1) is 5.92 Å². The lowest BCUT2D eigenvalue weighted by molar-refractivity contribution is -0.217. The average Bonchev–Trinajstić information content (AvgIpc) is 2.34. The van der Waals surface area contributed by atoms with E-state index in [2.05, 4.69) is 5.32 Å². The smallest absolute Gasteiger partial charge is 0.383 e. The van der Waals surface area contributed by atoms with Gasteiger partial charge in [0.25, 0.3) is 0 Å². The van der Waals surface area contributed by atoms with Crippen LogP contribution in [0.2, 0.25) is 0 Å². The third kappa shape index (κ3) is 2.07. The first kappa shape index (κ1) is 8.80.